The van der Waals surface area contributed by atoms with Gasteiger partial charge in [0.1, 0.15) is 11.3 Å². The lowest BCUT2D eigenvalue weighted by Crippen LogP contribution is -2.36. The van der Waals surface area contributed by atoms with Gasteiger partial charge in [0.15, 0.2) is 11.6 Å². The van der Waals surface area contributed by atoms with Crippen molar-refractivity contribution in [2.45, 2.75) is 44.8 Å². The van der Waals surface area contributed by atoms with Crippen LogP contribution in [0.4, 0.5) is 15.9 Å². The van der Waals surface area contributed by atoms with E-state index in [-0.39, 0.29) is 24.0 Å². The number of benzene rings is 1. The highest BCUT2D eigenvalue weighted by molar-refractivity contribution is 5.85. The molecular formula is C24H29FN6O3. The Labute approximate surface area is 197 Å². The maximum Gasteiger partial charge on any atom is 0.318 e. The Morgan fingerprint density at radius 2 is 1.88 bits per heavy atom. The fourth-order valence-electron chi connectivity index (χ4n) is 4.47. The number of morpholine rings is 1. The van der Waals surface area contributed by atoms with E-state index in [1.54, 1.807) is 12.4 Å². The number of nitrogens with zero attached hydrogens (tertiary/aromatic N) is 5. The Hall–Kier alpha value is -3.27. The summed E-state index contributed by atoms with van der Waals surface area (Å²) in [4.78, 5) is 19.3. The minimum atomic E-state index is -0.480. The normalized spacial score (nSPS) is 20.8. The molecule has 0 atom stereocenters. The van der Waals surface area contributed by atoms with Crippen molar-refractivity contribution in [3.8, 4) is 11.8 Å². The summed E-state index contributed by atoms with van der Waals surface area (Å²) in [6.45, 7) is 5.38. The molecule has 3 aromatic rings. The van der Waals surface area contributed by atoms with Crippen LogP contribution in [-0.4, -0.2) is 65.0 Å². The van der Waals surface area contributed by atoms with Gasteiger partial charge >= 0.3 is 6.01 Å². The number of hydrogen-bond donors (Lipinski definition) is 1. The van der Waals surface area contributed by atoms with Crippen molar-refractivity contribution < 1.29 is 18.6 Å². The lowest BCUT2D eigenvalue weighted by atomic mass is 9.93. The van der Waals surface area contributed by atoms with E-state index in [0.29, 0.717) is 19.8 Å². The van der Waals surface area contributed by atoms with E-state index in [4.69, 9.17) is 14.2 Å². The molecule has 10 heteroatoms. The summed E-state index contributed by atoms with van der Waals surface area (Å²) in [5.74, 6) is 0.459. The summed E-state index contributed by atoms with van der Waals surface area (Å²) in [5, 5.41) is 3.21. The highest BCUT2D eigenvalue weighted by atomic mass is 19.1. The monoisotopic (exact) mass is 468 g/mol. The second-order valence-corrected chi connectivity index (χ2v) is 8.49. The van der Waals surface area contributed by atoms with Crippen LogP contribution in [0.25, 0.3) is 11.0 Å². The largest absolute Gasteiger partial charge is 0.488 e. The van der Waals surface area contributed by atoms with Crippen molar-refractivity contribution in [2.24, 2.45) is 0 Å². The second kappa shape index (κ2) is 10.3. The van der Waals surface area contributed by atoms with Crippen LogP contribution in [0.5, 0.6) is 11.8 Å². The molecule has 1 N–H and O–H groups in total. The molecule has 0 spiro atoms. The van der Waals surface area contributed by atoms with Crippen molar-refractivity contribution in [3.05, 3.63) is 36.5 Å². The molecule has 2 aromatic heterocycles. The van der Waals surface area contributed by atoms with E-state index in [1.165, 1.54) is 0 Å². The fourth-order valence-corrected chi connectivity index (χ4v) is 4.47. The molecule has 180 valence electrons. The van der Waals surface area contributed by atoms with Crippen molar-refractivity contribution in [1.29, 1.82) is 0 Å². The smallest absolute Gasteiger partial charge is 0.318 e. The van der Waals surface area contributed by atoms with Gasteiger partial charge in [0, 0.05) is 43.3 Å². The van der Waals surface area contributed by atoms with Crippen LogP contribution in [0.1, 0.15) is 32.6 Å². The molecule has 1 aliphatic carbocycles. The third-order valence-electron chi connectivity index (χ3n) is 6.20. The van der Waals surface area contributed by atoms with Crippen molar-refractivity contribution in [2.75, 3.05) is 43.1 Å². The minimum absolute atomic E-state index is 0.0532. The van der Waals surface area contributed by atoms with Crippen molar-refractivity contribution in [3.63, 3.8) is 0 Å². The Morgan fingerprint density at radius 1 is 1.09 bits per heavy atom. The lowest BCUT2D eigenvalue weighted by molar-refractivity contribution is 0.122. The number of fused-ring (bicyclic) bond motifs is 1. The molecule has 0 amide bonds. The Kier molecular flexibility index (Phi) is 6.84. The summed E-state index contributed by atoms with van der Waals surface area (Å²) >= 11 is 0. The molecule has 0 bridgehead atoms. The summed E-state index contributed by atoms with van der Waals surface area (Å²) in [7, 11) is 0. The number of nitrogens with one attached hydrogen (secondary N) is 1. The van der Waals surface area contributed by atoms with Crippen LogP contribution < -0.4 is 19.7 Å². The molecule has 1 aromatic carbocycles. The van der Waals surface area contributed by atoms with Gasteiger partial charge in [-0.25, -0.2) is 14.4 Å². The first kappa shape index (κ1) is 22.5. The number of aromatic nitrogens is 4. The summed E-state index contributed by atoms with van der Waals surface area (Å²) in [6, 6.07) is 4.42. The first-order chi connectivity index (χ1) is 16.7. The van der Waals surface area contributed by atoms with Gasteiger partial charge in [0.05, 0.1) is 37.6 Å². The quantitative estimate of drug-likeness (QED) is 0.558. The maximum absolute atomic E-state index is 14.2. The number of hydrogen-bond acceptors (Lipinski definition) is 9. The molecule has 5 rings (SSSR count). The molecule has 34 heavy (non-hydrogen) atoms. The molecule has 3 heterocycles. The van der Waals surface area contributed by atoms with Gasteiger partial charge in [-0.05, 0) is 38.7 Å². The predicted molar refractivity (Wildman–Crippen MR) is 126 cm³/mol. The van der Waals surface area contributed by atoms with E-state index in [2.05, 4.69) is 42.3 Å². The third-order valence-corrected chi connectivity index (χ3v) is 6.20. The average molecular weight is 469 g/mol. The van der Waals surface area contributed by atoms with Crippen LogP contribution >= 0.6 is 0 Å². The number of halogens is 1. The molecule has 0 radical (unpaired) electrons. The van der Waals surface area contributed by atoms with Crippen molar-refractivity contribution >= 4 is 22.5 Å². The molecule has 1 saturated carbocycles. The molecule has 1 saturated heterocycles. The van der Waals surface area contributed by atoms with Crippen LogP contribution in [0, 0.1) is 5.82 Å². The van der Waals surface area contributed by atoms with E-state index in [9.17, 15) is 4.39 Å². The molecule has 2 aliphatic rings. The molecule has 9 nitrogen and oxygen atoms in total. The highest BCUT2D eigenvalue weighted by Gasteiger charge is 2.25. The van der Waals surface area contributed by atoms with Gasteiger partial charge in [-0.1, -0.05) is 0 Å². The number of ether oxygens (including phenoxy) is 3. The SMILES string of the molecule is CCOc1ncc(F)c(N[C@H]2CC[C@@H](Oc3cc(N4CCOCC4)cc4nccnc34)CC2)n1. The zero-order chi connectivity index (χ0) is 23.3. The van der Waals surface area contributed by atoms with E-state index >= 15 is 0 Å². The fraction of sp³-hybridized carbons (Fsp3) is 0.500. The van der Waals surface area contributed by atoms with E-state index in [0.717, 1.165) is 67.4 Å². The first-order valence-corrected chi connectivity index (χ1v) is 11.9. The number of rotatable bonds is 7. The minimum Gasteiger partial charge on any atom is -0.488 e. The van der Waals surface area contributed by atoms with Gasteiger partial charge in [0.25, 0.3) is 0 Å². The van der Waals surface area contributed by atoms with Gasteiger partial charge in [-0.3, -0.25) is 4.98 Å². The third kappa shape index (κ3) is 5.11. The Bertz CT molecular complexity index is 1120. The topological polar surface area (TPSA) is 94.5 Å². The van der Waals surface area contributed by atoms with E-state index in [1.807, 2.05) is 6.92 Å². The van der Waals surface area contributed by atoms with Gasteiger partial charge in [-0.15, -0.1) is 0 Å². The summed E-state index contributed by atoms with van der Waals surface area (Å²) < 4.78 is 31.4. The van der Waals surface area contributed by atoms with E-state index < -0.39 is 5.82 Å². The summed E-state index contributed by atoms with van der Waals surface area (Å²) in [6.07, 6.45) is 7.95. The van der Waals surface area contributed by atoms with Crippen LogP contribution in [-0.2, 0) is 4.74 Å². The second-order valence-electron chi connectivity index (χ2n) is 8.49. The molecule has 2 fully saturated rings. The van der Waals surface area contributed by atoms with Gasteiger partial charge < -0.3 is 24.4 Å². The molecule has 0 unspecified atom stereocenters. The Morgan fingerprint density at radius 3 is 2.68 bits per heavy atom. The standard InChI is InChI=1S/C24H29FN6O3/c1-2-33-24-28-15-19(25)23(30-24)29-16-3-5-18(6-4-16)34-21-14-17(31-9-11-32-12-10-31)13-20-22(21)27-8-7-26-20/h7-8,13-16,18H,2-6,9-12H2,1H3,(H,28,29,30)/t16-,18+. The highest BCUT2D eigenvalue weighted by Crippen LogP contribution is 2.33. The van der Waals surface area contributed by atoms with Crippen LogP contribution in [0.2, 0.25) is 0 Å². The molecule has 1 aliphatic heterocycles. The van der Waals surface area contributed by atoms with Crippen LogP contribution in [0.3, 0.4) is 0 Å². The zero-order valence-electron chi connectivity index (χ0n) is 19.2. The number of anilines is 2. The zero-order valence-corrected chi connectivity index (χ0v) is 19.2. The Balaban J connectivity index is 1.26. The van der Waals surface area contributed by atoms with Crippen molar-refractivity contribution in [1.82, 2.24) is 19.9 Å². The molecular weight excluding hydrogens is 439 g/mol. The maximum atomic E-state index is 14.2. The first-order valence-electron chi connectivity index (χ1n) is 11.9. The predicted octanol–water partition coefficient (Wildman–Crippen LogP) is 3.60. The lowest BCUT2D eigenvalue weighted by Gasteiger charge is -2.31. The van der Waals surface area contributed by atoms with Crippen LogP contribution in [0.15, 0.2) is 30.7 Å². The summed E-state index contributed by atoms with van der Waals surface area (Å²) in [5.41, 5.74) is 2.67. The van der Waals surface area contributed by atoms with Gasteiger partial charge in [-0.2, -0.15) is 4.98 Å². The average Bonchev–Trinajstić information content (AvgIpc) is 2.88. The van der Waals surface area contributed by atoms with Gasteiger partial charge in [0.2, 0.25) is 0 Å².